The Kier molecular flexibility index (Phi) is 6.12. The van der Waals surface area contributed by atoms with Crippen LogP contribution in [-0.2, 0) is 0 Å². The number of hydrogen-bond acceptors (Lipinski definition) is 5. The molecule has 1 aliphatic rings. The van der Waals surface area contributed by atoms with Crippen molar-refractivity contribution < 1.29 is 9.59 Å². The van der Waals surface area contributed by atoms with E-state index >= 15 is 0 Å². The van der Waals surface area contributed by atoms with Gasteiger partial charge in [0, 0.05) is 48.9 Å². The minimum atomic E-state index is -0.141. The van der Waals surface area contributed by atoms with Crippen molar-refractivity contribution in [3.63, 3.8) is 0 Å². The van der Waals surface area contributed by atoms with Crippen molar-refractivity contribution in [2.24, 2.45) is 0 Å². The molecule has 4 aromatic rings. The topological polar surface area (TPSA) is 66.4 Å². The zero-order valence-corrected chi connectivity index (χ0v) is 18.7. The van der Waals surface area contributed by atoms with Gasteiger partial charge in [-0.1, -0.05) is 78.9 Å². The molecule has 34 heavy (non-hydrogen) atoms. The van der Waals surface area contributed by atoms with Crippen LogP contribution >= 0.6 is 0 Å². The van der Waals surface area contributed by atoms with Gasteiger partial charge >= 0.3 is 0 Å². The molecule has 0 bridgehead atoms. The summed E-state index contributed by atoms with van der Waals surface area (Å²) in [7, 11) is 0. The Balaban J connectivity index is 1.30. The van der Waals surface area contributed by atoms with Crippen LogP contribution in [0.4, 0.5) is 5.82 Å². The van der Waals surface area contributed by atoms with Gasteiger partial charge in [0.2, 0.25) is 0 Å². The Labute approximate surface area is 198 Å². The highest BCUT2D eigenvalue weighted by molar-refractivity contribution is 6.15. The number of carbonyl (C=O) groups excluding carboxylic acids is 2. The molecule has 0 radical (unpaired) electrons. The number of aromatic nitrogens is 2. The smallest absolute Gasteiger partial charge is 0.254 e. The number of hydrogen-bond donors (Lipinski definition) is 0. The maximum absolute atomic E-state index is 13.4. The highest BCUT2D eigenvalue weighted by Crippen LogP contribution is 2.22. The van der Waals surface area contributed by atoms with Crippen molar-refractivity contribution in [1.29, 1.82) is 0 Å². The van der Waals surface area contributed by atoms with E-state index < -0.39 is 0 Å². The Hall–Kier alpha value is -4.32. The fourth-order valence-corrected chi connectivity index (χ4v) is 4.21. The van der Waals surface area contributed by atoms with Crippen LogP contribution in [0.5, 0.6) is 0 Å². The maximum Gasteiger partial charge on any atom is 0.254 e. The first kappa shape index (κ1) is 21.5. The van der Waals surface area contributed by atoms with Gasteiger partial charge in [-0.15, -0.1) is 0 Å². The van der Waals surface area contributed by atoms with E-state index in [9.17, 15) is 9.59 Å². The number of piperazine rings is 1. The molecule has 0 spiro atoms. The lowest BCUT2D eigenvalue weighted by Gasteiger charge is -2.35. The van der Waals surface area contributed by atoms with Crippen LogP contribution in [0.2, 0.25) is 0 Å². The van der Waals surface area contributed by atoms with Crippen LogP contribution in [0.3, 0.4) is 0 Å². The molecule has 0 saturated carbocycles. The third kappa shape index (κ3) is 4.43. The number of nitrogens with zero attached hydrogens (tertiary/aromatic N) is 4. The fraction of sp³-hybridized carbons (Fsp3) is 0.143. The summed E-state index contributed by atoms with van der Waals surface area (Å²) in [4.78, 5) is 39.3. The standard InChI is InChI=1S/C28H24N4O2/c33-27(22-11-5-2-6-12-22)23-13-7-8-14-24(23)28(34)32-17-15-31(16-18-32)26-19-25(29-20-30-26)21-9-3-1-4-10-21/h1-14,19-20H,15-18H2. The molecular weight excluding hydrogens is 424 g/mol. The Morgan fingerprint density at radius 3 is 2.00 bits per heavy atom. The Morgan fingerprint density at radius 1 is 0.676 bits per heavy atom. The number of carbonyl (C=O) groups is 2. The summed E-state index contributed by atoms with van der Waals surface area (Å²) in [6.07, 6.45) is 1.58. The van der Waals surface area contributed by atoms with E-state index in [4.69, 9.17) is 0 Å². The van der Waals surface area contributed by atoms with Gasteiger partial charge in [0.05, 0.1) is 11.3 Å². The minimum absolute atomic E-state index is 0.118. The lowest BCUT2D eigenvalue weighted by Crippen LogP contribution is -2.49. The number of anilines is 1. The predicted octanol–water partition coefficient (Wildman–Crippen LogP) is 4.34. The molecule has 1 aromatic heterocycles. The maximum atomic E-state index is 13.4. The molecule has 1 aliphatic heterocycles. The first-order valence-corrected chi connectivity index (χ1v) is 11.3. The molecule has 6 heteroatoms. The SMILES string of the molecule is O=C(c1ccccc1)c1ccccc1C(=O)N1CCN(c2cc(-c3ccccc3)ncn2)CC1. The zero-order valence-electron chi connectivity index (χ0n) is 18.7. The molecule has 6 nitrogen and oxygen atoms in total. The summed E-state index contributed by atoms with van der Waals surface area (Å²) in [5, 5.41) is 0. The second-order valence-electron chi connectivity index (χ2n) is 8.15. The molecule has 5 rings (SSSR count). The molecule has 0 atom stereocenters. The van der Waals surface area contributed by atoms with Gasteiger partial charge in [-0.2, -0.15) is 0 Å². The summed E-state index contributed by atoms with van der Waals surface area (Å²) < 4.78 is 0. The van der Waals surface area contributed by atoms with E-state index in [1.54, 1.807) is 42.7 Å². The molecule has 2 heterocycles. The molecule has 0 aliphatic carbocycles. The number of amides is 1. The average Bonchev–Trinajstić information content (AvgIpc) is 2.93. The fourth-order valence-electron chi connectivity index (χ4n) is 4.21. The summed E-state index contributed by atoms with van der Waals surface area (Å²) in [5.74, 6) is 0.588. The van der Waals surface area contributed by atoms with Crippen molar-refractivity contribution in [2.45, 2.75) is 0 Å². The van der Waals surface area contributed by atoms with E-state index in [0.29, 0.717) is 42.9 Å². The van der Waals surface area contributed by atoms with Gasteiger partial charge < -0.3 is 9.80 Å². The van der Waals surface area contributed by atoms with Crippen molar-refractivity contribution in [1.82, 2.24) is 14.9 Å². The molecule has 1 saturated heterocycles. The third-order valence-electron chi connectivity index (χ3n) is 6.05. The molecular formula is C28H24N4O2. The Bertz CT molecular complexity index is 1300. The number of ketones is 1. The molecule has 168 valence electrons. The van der Waals surface area contributed by atoms with Gasteiger partial charge in [0.15, 0.2) is 5.78 Å². The zero-order chi connectivity index (χ0) is 23.3. The predicted molar refractivity (Wildman–Crippen MR) is 132 cm³/mol. The van der Waals surface area contributed by atoms with Crippen molar-refractivity contribution >= 4 is 17.5 Å². The molecule has 1 amide bonds. The van der Waals surface area contributed by atoms with Crippen molar-refractivity contribution in [2.75, 3.05) is 31.1 Å². The third-order valence-corrected chi connectivity index (χ3v) is 6.05. The molecule has 3 aromatic carbocycles. The van der Waals surface area contributed by atoms with Crippen LogP contribution < -0.4 is 4.90 Å². The van der Waals surface area contributed by atoms with Crippen LogP contribution in [-0.4, -0.2) is 52.7 Å². The van der Waals surface area contributed by atoms with E-state index in [-0.39, 0.29) is 11.7 Å². The monoisotopic (exact) mass is 448 g/mol. The second-order valence-corrected chi connectivity index (χ2v) is 8.15. The second kappa shape index (κ2) is 9.67. The average molecular weight is 449 g/mol. The van der Waals surface area contributed by atoms with E-state index in [2.05, 4.69) is 14.9 Å². The Morgan fingerprint density at radius 2 is 1.29 bits per heavy atom. The van der Waals surface area contributed by atoms with E-state index in [1.807, 2.05) is 59.5 Å². The van der Waals surface area contributed by atoms with E-state index in [1.165, 1.54) is 0 Å². The van der Waals surface area contributed by atoms with Crippen LogP contribution in [0.1, 0.15) is 26.3 Å². The molecule has 0 unspecified atom stereocenters. The molecule has 0 N–H and O–H groups in total. The van der Waals surface area contributed by atoms with Crippen molar-refractivity contribution in [3.8, 4) is 11.3 Å². The van der Waals surface area contributed by atoms with Gasteiger partial charge in [-0.05, 0) is 6.07 Å². The molecule has 1 fully saturated rings. The van der Waals surface area contributed by atoms with Crippen LogP contribution in [0.15, 0.2) is 97.3 Å². The van der Waals surface area contributed by atoms with Crippen LogP contribution in [0, 0.1) is 0 Å². The van der Waals surface area contributed by atoms with Gasteiger partial charge in [0.25, 0.3) is 5.91 Å². The summed E-state index contributed by atoms with van der Waals surface area (Å²) in [5.41, 5.74) is 3.37. The van der Waals surface area contributed by atoms with Gasteiger partial charge in [-0.25, -0.2) is 9.97 Å². The van der Waals surface area contributed by atoms with Crippen molar-refractivity contribution in [3.05, 3.63) is 114 Å². The normalized spacial score (nSPS) is 13.5. The highest BCUT2D eigenvalue weighted by Gasteiger charge is 2.26. The summed E-state index contributed by atoms with van der Waals surface area (Å²) in [6.45, 7) is 2.42. The summed E-state index contributed by atoms with van der Waals surface area (Å²) >= 11 is 0. The number of rotatable bonds is 5. The van der Waals surface area contributed by atoms with E-state index in [0.717, 1.165) is 17.1 Å². The highest BCUT2D eigenvalue weighted by atomic mass is 16.2. The van der Waals surface area contributed by atoms with Crippen LogP contribution in [0.25, 0.3) is 11.3 Å². The summed E-state index contributed by atoms with van der Waals surface area (Å²) in [6, 6.07) is 28.1. The largest absolute Gasteiger partial charge is 0.353 e. The van der Waals surface area contributed by atoms with Gasteiger partial charge in [0.1, 0.15) is 12.1 Å². The quantitative estimate of drug-likeness (QED) is 0.425. The lowest BCUT2D eigenvalue weighted by molar-refractivity contribution is 0.0742. The first-order chi connectivity index (χ1) is 16.7. The van der Waals surface area contributed by atoms with Gasteiger partial charge in [-0.3, -0.25) is 9.59 Å². The minimum Gasteiger partial charge on any atom is -0.353 e. The first-order valence-electron chi connectivity index (χ1n) is 11.3. The number of benzene rings is 3. The lowest BCUT2D eigenvalue weighted by atomic mass is 9.97.